The van der Waals surface area contributed by atoms with Gasteiger partial charge in [0.2, 0.25) is 0 Å². The van der Waals surface area contributed by atoms with Crippen LogP contribution in [0.3, 0.4) is 0 Å². The molecule has 10 heteroatoms. The van der Waals surface area contributed by atoms with E-state index in [4.69, 9.17) is 33.1 Å². The van der Waals surface area contributed by atoms with E-state index in [0.29, 0.717) is 0 Å². The van der Waals surface area contributed by atoms with Gasteiger partial charge in [-0.15, -0.1) is 23.3 Å². The van der Waals surface area contributed by atoms with Gasteiger partial charge in [-0.3, -0.25) is 0 Å². The molecule has 0 aliphatic carbocycles. The molecule has 0 saturated carbocycles. The molecular formula is C16H18O2P2S6. The van der Waals surface area contributed by atoms with E-state index in [1.165, 1.54) is 32.2 Å². The van der Waals surface area contributed by atoms with Crippen LogP contribution in [0.4, 0.5) is 0 Å². The van der Waals surface area contributed by atoms with Crippen molar-refractivity contribution in [3.8, 4) is 11.5 Å². The van der Waals surface area contributed by atoms with Crippen LogP contribution in [-0.2, 0) is 23.6 Å². The largest absolute Gasteiger partial charge is 0.497 e. The van der Waals surface area contributed by atoms with Crippen LogP contribution in [0.2, 0.25) is 0 Å². The highest BCUT2D eigenvalue weighted by Crippen LogP contribution is 2.93. The number of rotatable bonds is 6. The van der Waals surface area contributed by atoms with Crippen LogP contribution >= 0.6 is 57.0 Å². The Bertz CT molecular complexity index is 782. The highest BCUT2D eigenvalue weighted by molar-refractivity contribution is 8.78. The quantitative estimate of drug-likeness (QED) is 0.317. The minimum Gasteiger partial charge on any atom is -0.497 e. The van der Waals surface area contributed by atoms with Gasteiger partial charge in [0.15, 0.2) is 0 Å². The fourth-order valence-electron chi connectivity index (χ4n) is 3.08. The van der Waals surface area contributed by atoms with Crippen LogP contribution in [0.5, 0.6) is 11.5 Å². The summed E-state index contributed by atoms with van der Waals surface area (Å²) in [5, 5.41) is 2.36. The molecule has 2 aromatic rings. The van der Waals surface area contributed by atoms with Gasteiger partial charge in [0.05, 0.1) is 23.7 Å². The van der Waals surface area contributed by atoms with E-state index < -0.39 is 12.1 Å². The van der Waals surface area contributed by atoms with Crippen LogP contribution in [0.1, 0.15) is 0 Å². The second kappa shape index (κ2) is 8.62. The van der Waals surface area contributed by atoms with Gasteiger partial charge in [-0.2, -0.15) is 0 Å². The van der Waals surface area contributed by atoms with Crippen LogP contribution < -0.4 is 20.1 Å². The molecule has 1 fully saturated rings. The van der Waals surface area contributed by atoms with Gasteiger partial charge in [0.1, 0.15) is 11.5 Å². The molecule has 0 amide bonds. The molecule has 1 aliphatic heterocycles. The van der Waals surface area contributed by atoms with Gasteiger partial charge in [0.25, 0.3) is 0 Å². The average Bonchev–Trinajstić information content (AvgIpc) is 2.68. The highest BCUT2D eigenvalue weighted by Gasteiger charge is 2.61. The molecule has 140 valence electrons. The molecule has 2 aromatic carbocycles. The van der Waals surface area contributed by atoms with Gasteiger partial charge in [-0.25, -0.2) is 0 Å². The van der Waals surface area contributed by atoms with E-state index >= 15 is 0 Å². The summed E-state index contributed by atoms with van der Waals surface area (Å²) in [6.07, 6.45) is 0. The first-order valence-corrected chi connectivity index (χ1v) is 17.3. The van der Waals surface area contributed by atoms with E-state index in [1.54, 1.807) is 14.2 Å². The van der Waals surface area contributed by atoms with Crippen LogP contribution in [0.25, 0.3) is 0 Å². The predicted molar refractivity (Wildman–Crippen MR) is 135 cm³/mol. The second-order valence-electron chi connectivity index (χ2n) is 5.68. The molecule has 26 heavy (non-hydrogen) atoms. The zero-order chi connectivity index (χ0) is 18.9. The first-order valence-electron chi connectivity index (χ1n) is 7.55. The van der Waals surface area contributed by atoms with Crippen molar-refractivity contribution in [2.45, 2.75) is 9.46 Å². The van der Waals surface area contributed by atoms with E-state index in [2.05, 4.69) is 47.6 Å². The Kier molecular flexibility index (Phi) is 7.11. The van der Waals surface area contributed by atoms with E-state index in [1.807, 2.05) is 24.3 Å². The lowest BCUT2D eigenvalue weighted by atomic mass is 10.3. The molecule has 1 heterocycles. The molecule has 0 bridgehead atoms. The summed E-state index contributed by atoms with van der Waals surface area (Å²) in [6, 6.07) is 12.3. The third-order valence-corrected chi connectivity index (χ3v) is 29.8. The minimum atomic E-state index is -1.94. The number of hydrogen-bond donors (Lipinski definition) is 2. The lowest BCUT2D eigenvalue weighted by Crippen LogP contribution is -2.38. The van der Waals surface area contributed by atoms with Crippen molar-refractivity contribution in [3.05, 3.63) is 48.5 Å². The number of methoxy groups -OCH3 is 2. The molecule has 2 nitrogen and oxygen atoms in total. The Morgan fingerprint density at radius 2 is 1.04 bits per heavy atom. The molecule has 0 radical (unpaired) electrons. The van der Waals surface area contributed by atoms with Gasteiger partial charge >= 0.3 is 0 Å². The molecule has 1 aliphatic rings. The minimum absolute atomic E-state index is 0.162. The molecule has 0 atom stereocenters. The lowest BCUT2D eigenvalue weighted by molar-refractivity contribution is 0.415. The van der Waals surface area contributed by atoms with Crippen molar-refractivity contribution in [1.82, 2.24) is 0 Å². The zero-order valence-electron chi connectivity index (χ0n) is 14.0. The molecule has 1 saturated heterocycles. The molecular weight excluding hydrogens is 479 g/mol. The molecule has 3 rings (SSSR count). The normalized spacial score (nSPS) is 30.5. The van der Waals surface area contributed by atoms with Crippen molar-refractivity contribution in [2.24, 2.45) is 0 Å². The summed E-state index contributed by atoms with van der Waals surface area (Å²) in [5.41, 5.74) is 0. The fraction of sp³-hybridized carbons (Fsp3) is 0.250. The van der Waals surface area contributed by atoms with Crippen molar-refractivity contribution < 1.29 is 9.47 Å². The van der Waals surface area contributed by atoms with Crippen molar-refractivity contribution in [1.29, 1.82) is 0 Å². The molecule has 0 spiro atoms. The second-order valence-corrected chi connectivity index (χ2v) is 20.1. The van der Waals surface area contributed by atoms with Gasteiger partial charge < -0.3 is 9.47 Å². The number of thiol groups is 2. The van der Waals surface area contributed by atoms with Gasteiger partial charge in [0, 0.05) is 12.1 Å². The number of benzene rings is 2. The molecule has 0 aromatic heterocycles. The van der Waals surface area contributed by atoms with Crippen LogP contribution in [0.15, 0.2) is 48.5 Å². The molecule has 0 unspecified atom stereocenters. The van der Waals surface area contributed by atoms with Gasteiger partial charge in [-0.1, -0.05) is 45.2 Å². The summed E-state index contributed by atoms with van der Waals surface area (Å²) in [5.74, 6) is 1.66. The maximum atomic E-state index is 6.28. The monoisotopic (exact) mass is 496 g/mol. The summed E-state index contributed by atoms with van der Waals surface area (Å²) in [6.45, 7) is 0. The Labute approximate surface area is 183 Å². The first kappa shape index (κ1) is 21.4. The van der Waals surface area contributed by atoms with Crippen LogP contribution in [-0.4, -0.2) is 23.7 Å². The zero-order valence-corrected chi connectivity index (χ0v) is 20.9. The van der Waals surface area contributed by atoms with Crippen molar-refractivity contribution in [3.63, 3.8) is 0 Å². The molecule has 0 N–H and O–H groups in total. The predicted octanol–water partition coefficient (Wildman–Crippen LogP) is 5.35. The topological polar surface area (TPSA) is 18.5 Å². The Morgan fingerprint density at radius 1 is 0.731 bits per heavy atom. The van der Waals surface area contributed by atoms with Gasteiger partial charge in [-0.05, 0) is 59.1 Å². The summed E-state index contributed by atoms with van der Waals surface area (Å²) < 4.78 is 10.9. The standard InChI is InChI=1S/C16H18O2P2S6/c1-17-11-3-7-13(8-4-11)19(21)15(25-23)20(22,16(19)26-24)14-9-5-12(18-2)6-10-14/h3-10,15-16,23-24H,1-2H3. The third kappa shape index (κ3) is 3.33. The maximum Gasteiger partial charge on any atom is 0.118 e. The van der Waals surface area contributed by atoms with E-state index in [9.17, 15) is 0 Å². The number of hydrogen-bond acceptors (Lipinski definition) is 8. The fourth-order valence-corrected chi connectivity index (χ4v) is 35.1. The lowest BCUT2D eigenvalue weighted by Gasteiger charge is -2.56. The van der Waals surface area contributed by atoms with E-state index in [-0.39, 0.29) is 9.46 Å². The first-order chi connectivity index (χ1) is 12.5. The van der Waals surface area contributed by atoms with Crippen molar-refractivity contribution >= 4 is 91.2 Å². The Balaban J connectivity index is 2.06. The smallest absolute Gasteiger partial charge is 0.118 e. The third-order valence-electron chi connectivity index (χ3n) is 4.45. The summed E-state index contributed by atoms with van der Waals surface area (Å²) in [4.78, 5) is 0. The van der Waals surface area contributed by atoms with Crippen molar-refractivity contribution in [2.75, 3.05) is 14.2 Å². The summed E-state index contributed by atoms with van der Waals surface area (Å²) >= 11 is 21.7. The van der Waals surface area contributed by atoms with E-state index in [0.717, 1.165) is 11.5 Å². The maximum absolute atomic E-state index is 6.28. The highest BCUT2D eigenvalue weighted by atomic mass is 33.1. The SMILES string of the molecule is COc1ccc(P2(=S)C(SS)P(=S)(c3ccc(OC)cc3)C2SS)cc1. The average molecular weight is 497 g/mol. The Hall–Kier alpha value is 0.740. The van der Waals surface area contributed by atoms with Crippen LogP contribution in [0, 0.1) is 0 Å². The summed E-state index contributed by atoms with van der Waals surface area (Å²) in [7, 11) is 6.39. The number of ether oxygens (including phenoxy) is 2. The Morgan fingerprint density at radius 3 is 1.27 bits per heavy atom.